The number of hydrogen-bond donors (Lipinski definition) is 1. The van der Waals surface area contributed by atoms with Crippen LogP contribution in [0, 0.1) is 0 Å². The minimum atomic E-state index is -0.235. The van der Waals surface area contributed by atoms with Gasteiger partial charge in [-0.3, -0.25) is 9.59 Å². The number of aromatic nitrogens is 2. The topological polar surface area (TPSA) is 94.3 Å². The van der Waals surface area contributed by atoms with Crippen molar-refractivity contribution in [1.82, 2.24) is 10.2 Å². The number of ether oxygens (including phenoxy) is 1. The number of nitrogens with zero attached hydrogens (tertiary/aromatic N) is 2. The van der Waals surface area contributed by atoms with Crippen LogP contribution in [-0.4, -0.2) is 34.8 Å². The summed E-state index contributed by atoms with van der Waals surface area (Å²) in [6.07, 6.45) is 3.22. The Morgan fingerprint density at radius 2 is 1.71 bits per heavy atom. The molecule has 0 aliphatic rings. The molecule has 7 nitrogen and oxygen atoms in total. The molecule has 1 heterocycles. The maximum Gasteiger partial charge on any atom is 0.277 e. The molecule has 1 amide bonds. The van der Waals surface area contributed by atoms with Crippen molar-refractivity contribution in [1.29, 1.82) is 0 Å². The number of nitrogens with one attached hydrogen (secondary N) is 1. The fraction of sp³-hybridized carbons (Fsp3) is 0.0769. The van der Waals surface area contributed by atoms with E-state index < -0.39 is 0 Å². The highest BCUT2D eigenvalue weighted by Gasteiger charge is 2.12. The Labute approximate surface area is 211 Å². The summed E-state index contributed by atoms with van der Waals surface area (Å²) in [5, 5.41) is 11.7. The molecule has 176 valence electrons. The molecular formula is C26H20ClN3O4S. The van der Waals surface area contributed by atoms with Gasteiger partial charge in [0.2, 0.25) is 11.8 Å². The highest BCUT2D eigenvalue weighted by Crippen LogP contribution is 2.25. The van der Waals surface area contributed by atoms with Crippen LogP contribution in [0.25, 0.3) is 17.5 Å². The second-order valence-electron chi connectivity index (χ2n) is 7.26. The Balaban J connectivity index is 1.27. The maximum absolute atomic E-state index is 12.4. The second kappa shape index (κ2) is 11.5. The number of thioether (sulfide) groups is 1. The smallest absolute Gasteiger partial charge is 0.277 e. The minimum absolute atomic E-state index is 0.0920. The van der Waals surface area contributed by atoms with E-state index in [9.17, 15) is 9.59 Å². The summed E-state index contributed by atoms with van der Waals surface area (Å²) >= 11 is 7.00. The SMILES string of the molecule is COc1ccc(-c2nnc(SCC(=O)Nc3ccc(C(=O)/C=C/c4ccc(Cl)cc4)cc3)o2)cc1. The van der Waals surface area contributed by atoms with Gasteiger partial charge in [-0.05, 0) is 72.3 Å². The van der Waals surface area contributed by atoms with Crippen LogP contribution in [0.2, 0.25) is 5.02 Å². The molecular weight excluding hydrogens is 486 g/mol. The van der Waals surface area contributed by atoms with Gasteiger partial charge in [0.1, 0.15) is 5.75 Å². The number of carbonyl (C=O) groups is 2. The van der Waals surface area contributed by atoms with E-state index in [1.54, 1.807) is 61.7 Å². The number of ketones is 1. The van der Waals surface area contributed by atoms with Gasteiger partial charge in [-0.2, -0.15) is 0 Å². The third-order valence-electron chi connectivity index (χ3n) is 4.82. The fourth-order valence-electron chi connectivity index (χ4n) is 3.00. The van der Waals surface area contributed by atoms with Gasteiger partial charge in [-0.25, -0.2) is 0 Å². The average molecular weight is 506 g/mol. The lowest BCUT2D eigenvalue weighted by Gasteiger charge is -2.05. The maximum atomic E-state index is 12.4. The predicted octanol–water partition coefficient (Wildman–Crippen LogP) is 6.03. The highest BCUT2D eigenvalue weighted by molar-refractivity contribution is 7.99. The van der Waals surface area contributed by atoms with E-state index in [4.69, 9.17) is 20.8 Å². The van der Waals surface area contributed by atoms with Crippen LogP contribution in [0.4, 0.5) is 5.69 Å². The average Bonchev–Trinajstić information content (AvgIpc) is 3.36. The lowest BCUT2D eigenvalue weighted by Crippen LogP contribution is -2.14. The fourth-order valence-corrected chi connectivity index (χ4v) is 3.69. The lowest BCUT2D eigenvalue weighted by atomic mass is 10.1. The molecule has 0 aliphatic heterocycles. The van der Waals surface area contributed by atoms with Crippen LogP contribution in [-0.2, 0) is 4.79 Å². The molecule has 3 aromatic carbocycles. The standard InChI is InChI=1S/C26H20ClN3O4S/c1-33-22-13-7-19(8-14-22)25-29-30-26(34-25)35-16-24(32)28-21-11-5-18(6-12-21)23(31)15-4-17-2-9-20(27)10-3-17/h2-15H,16H2,1H3,(H,28,32)/b15-4+. The Bertz CT molecular complexity index is 1330. The number of methoxy groups -OCH3 is 1. The first kappa shape index (κ1) is 24.3. The third kappa shape index (κ3) is 6.81. The van der Waals surface area contributed by atoms with Gasteiger partial charge in [-0.1, -0.05) is 41.6 Å². The zero-order chi connectivity index (χ0) is 24.6. The van der Waals surface area contributed by atoms with Crippen molar-refractivity contribution < 1.29 is 18.7 Å². The molecule has 0 aliphatic carbocycles. The molecule has 0 unspecified atom stereocenters. The van der Waals surface area contributed by atoms with E-state index in [2.05, 4.69) is 15.5 Å². The zero-order valence-electron chi connectivity index (χ0n) is 18.6. The van der Waals surface area contributed by atoms with Crippen molar-refractivity contribution in [2.24, 2.45) is 0 Å². The summed E-state index contributed by atoms with van der Waals surface area (Å²) in [5.74, 6) is 0.806. The van der Waals surface area contributed by atoms with Crippen molar-refractivity contribution in [2.75, 3.05) is 18.2 Å². The Kier molecular flexibility index (Phi) is 7.97. The van der Waals surface area contributed by atoms with Crippen molar-refractivity contribution >= 4 is 46.8 Å². The molecule has 1 N–H and O–H groups in total. The second-order valence-corrected chi connectivity index (χ2v) is 8.63. The van der Waals surface area contributed by atoms with Crippen molar-refractivity contribution in [3.63, 3.8) is 0 Å². The van der Waals surface area contributed by atoms with E-state index in [-0.39, 0.29) is 17.4 Å². The Morgan fingerprint density at radius 3 is 2.40 bits per heavy atom. The Hall–Kier alpha value is -3.88. The first-order chi connectivity index (χ1) is 17.0. The summed E-state index contributed by atoms with van der Waals surface area (Å²) in [6.45, 7) is 0. The van der Waals surface area contributed by atoms with Crippen molar-refractivity contribution in [3.05, 3.63) is 95.0 Å². The van der Waals surface area contributed by atoms with Crippen molar-refractivity contribution in [2.45, 2.75) is 5.22 Å². The summed E-state index contributed by atoms with van der Waals surface area (Å²) in [7, 11) is 1.59. The van der Waals surface area contributed by atoms with Gasteiger partial charge < -0.3 is 14.5 Å². The molecule has 0 atom stereocenters. The van der Waals surface area contributed by atoms with Crippen LogP contribution in [0.15, 0.2) is 88.5 Å². The van der Waals surface area contributed by atoms with Gasteiger partial charge in [0.05, 0.1) is 12.9 Å². The van der Waals surface area contributed by atoms with Gasteiger partial charge in [0.25, 0.3) is 5.22 Å². The molecule has 0 fully saturated rings. The summed E-state index contributed by atoms with van der Waals surface area (Å²) in [4.78, 5) is 24.7. The molecule has 0 bridgehead atoms. The van der Waals surface area contributed by atoms with E-state index in [1.807, 2.05) is 24.3 Å². The summed E-state index contributed by atoms with van der Waals surface area (Å²) in [5.41, 5.74) is 2.73. The van der Waals surface area contributed by atoms with E-state index in [0.717, 1.165) is 28.6 Å². The number of carbonyl (C=O) groups excluding carboxylic acids is 2. The normalized spacial score (nSPS) is 10.9. The van der Waals surface area contributed by atoms with Crippen LogP contribution in [0.1, 0.15) is 15.9 Å². The lowest BCUT2D eigenvalue weighted by molar-refractivity contribution is -0.113. The van der Waals surface area contributed by atoms with Crippen LogP contribution in [0.3, 0.4) is 0 Å². The molecule has 4 aromatic rings. The molecule has 35 heavy (non-hydrogen) atoms. The molecule has 0 spiro atoms. The zero-order valence-corrected chi connectivity index (χ0v) is 20.2. The van der Waals surface area contributed by atoms with Gasteiger partial charge >= 0.3 is 0 Å². The largest absolute Gasteiger partial charge is 0.497 e. The summed E-state index contributed by atoms with van der Waals surface area (Å²) < 4.78 is 10.8. The number of allylic oxidation sites excluding steroid dienone is 1. The third-order valence-corrected chi connectivity index (χ3v) is 5.89. The minimum Gasteiger partial charge on any atom is -0.497 e. The molecule has 0 saturated heterocycles. The molecule has 4 rings (SSSR count). The first-order valence-electron chi connectivity index (χ1n) is 10.5. The Morgan fingerprint density at radius 1 is 1.00 bits per heavy atom. The molecule has 0 saturated carbocycles. The molecule has 9 heteroatoms. The van der Waals surface area contributed by atoms with E-state index in [0.29, 0.717) is 27.4 Å². The molecule has 0 radical (unpaired) electrons. The van der Waals surface area contributed by atoms with Gasteiger partial charge in [0, 0.05) is 21.8 Å². The summed E-state index contributed by atoms with van der Waals surface area (Å²) in [6, 6.07) is 21.1. The highest BCUT2D eigenvalue weighted by atomic mass is 35.5. The van der Waals surface area contributed by atoms with E-state index in [1.165, 1.54) is 6.08 Å². The van der Waals surface area contributed by atoms with Gasteiger partial charge in [-0.15, -0.1) is 10.2 Å². The predicted molar refractivity (Wildman–Crippen MR) is 137 cm³/mol. The number of amides is 1. The first-order valence-corrected chi connectivity index (χ1v) is 11.8. The monoisotopic (exact) mass is 505 g/mol. The van der Waals surface area contributed by atoms with Gasteiger partial charge in [0.15, 0.2) is 5.78 Å². The number of hydrogen-bond acceptors (Lipinski definition) is 7. The number of benzene rings is 3. The molecule has 1 aromatic heterocycles. The number of anilines is 1. The van der Waals surface area contributed by atoms with Crippen LogP contribution < -0.4 is 10.1 Å². The van der Waals surface area contributed by atoms with Crippen molar-refractivity contribution in [3.8, 4) is 17.2 Å². The van der Waals surface area contributed by atoms with E-state index >= 15 is 0 Å². The quantitative estimate of drug-likeness (QED) is 0.169. The number of halogens is 1. The van der Waals surface area contributed by atoms with Crippen LogP contribution >= 0.6 is 23.4 Å². The number of rotatable bonds is 9. The van der Waals surface area contributed by atoms with Crippen LogP contribution in [0.5, 0.6) is 5.75 Å².